The number of carbonyl (C=O) groups excluding carboxylic acids is 1. The van der Waals surface area contributed by atoms with Crippen LogP contribution in [0.2, 0.25) is 0 Å². The molecule has 0 radical (unpaired) electrons. The molecule has 2 aromatic rings. The van der Waals surface area contributed by atoms with Gasteiger partial charge in [-0.25, -0.2) is 8.42 Å². The van der Waals surface area contributed by atoms with Gasteiger partial charge in [0.1, 0.15) is 5.75 Å². The average molecular weight is 392 g/mol. The third-order valence-electron chi connectivity index (χ3n) is 3.93. The lowest BCUT2D eigenvalue weighted by Crippen LogP contribution is -2.27. The fourth-order valence-electron chi connectivity index (χ4n) is 2.39. The van der Waals surface area contributed by atoms with Gasteiger partial charge in [0, 0.05) is 20.2 Å². The van der Waals surface area contributed by atoms with Crippen LogP contribution in [0.1, 0.15) is 5.56 Å². The van der Waals surface area contributed by atoms with Crippen LogP contribution in [0.3, 0.4) is 0 Å². The summed E-state index contributed by atoms with van der Waals surface area (Å²) in [5.41, 5.74) is 0.976. The number of hydrogen-bond donors (Lipinski definition) is 1. The average Bonchev–Trinajstić information content (AvgIpc) is 3.07. The standard InChI is InChI=1S/C18H20N2O6S/c1-12-8-14(5-7-15(12)24-10-18(21)20(2)3)27(22,23)19-13-4-6-16-17(9-13)26-11-25-16/h4-9,19H,10-11H2,1-3H3. The summed E-state index contributed by atoms with van der Waals surface area (Å²) in [6, 6.07) is 9.26. The van der Waals surface area contributed by atoms with Gasteiger partial charge in [-0.2, -0.15) is 0 Å². The van der Waals surface area contributed by atoms with Gasteiger partial charge in [-0.3, -0.25) is 9.52 Å². The number of ether oxygens (including phenoxy) is 3. The second kappa shape index (κ2) is 7.36. The number of likely N-dealkylation sites (N-methyl/N-ethyl adjacent to an activating group) is 1. The number of amides is 1. The van der Waals surface area contributed by atoms with Gasteiger partial charge in [-0.15, -0.1) is 0 Å². The number of sulfonamides is 1. The van der Waals surface area contributed by atoms with Crippen LogP contribution in [0.25, 0.3) is 0 Å². The molecule has 0 atom stereocenters. The van der Waals surface area contributed by atoms with Crippen molar-refractivity contribution in [1.82, 2.24) is 4.90 Å². The first-order valence-electron chi connectivity index (χ1n) is 8.12. The predicted molar refractivity (Wildman–Crippen MR) is 98.7 cm³/mol. The van der Waals surface area contributed by atoms with Crippen LogP contribution in [0.5, 0.6) is 17.2 Å². The highest BCUT2D eigenvalue weighted by Crippen LogP contribution is 2.35. The Morgan fingerprint density at radius 2 is 1.89 bits per heavy atom. The van der Waals surface area contributed by atoms with Gasteiger partial charge in [0.2, 0.25) is 6.79 Å². The molecule has 0 fully saturated rings. The SMILES string of the molecule is Cc1cc(S(=O)(=O)Nc2ccc3c(c2)OCO3)ccc1OCC(=O)N(C)C. The van der Waals surface area contributed by atoms with Gasteiger partial charge in [0.15, 0.2) is 18.1 Å². The molecule has 144 valence electrons. The van der Waals surface area contributed by atoms with Crippen LogP contribution >= 0.6 is 0 Å². The number of aryl methyl sites for hydroxylation is 1. The van der Waals surface area contributed by atoms with Crippen molar-refractivity contribution < 1.29 is 27.4 Å². The smallest absolute Gasteiger partial charge is 0.261 e. The number of benzene rings is 2. The van der Waals surface area contributed by atoms with E-state index in [0.29, 0.717) is 28.5 Å². The van der Waals surface area contributed by atoms with Crippen molar-refractivity contribution >= 4 is 21.6 Å². The van der Waals surface area contributed by atoms with Crippen LogP contribution in [0, 0.1) is 6.92 Å². The number of nitrogens with one attached hydrogen (secondary N) is 1. The second-order valence-electron chi connectivity index (χ2n) is 6.18. The molecular weight excluding hydrogens is 372 g/mol. The molecule has 1 N–H and O–H groups in total. The third kappa shape index (κ3) is 4.25. The number of fused-ring (bicyclic) bond motifs is 1. The molecular formula is C18H20N2O6S. The third-order valence-corrected chi connectivity index (χ3v) is 5.31. The summed E-state index contributed by atoms with van der Waals surface area (Å²) >= 11 is 0. The highest BCUT2D eigenvalue weighted by molar-refractivity contribution is 7.92. The highest BCUT2D eigenvalue weighted by Gasteiger charge is 2.19. The van der Waals surface area contributed by atoms with E-state index in [9.17, 15) is 13.2 Å². The minimum absolute atomic E-state index is 0.0870. The Bertz CT molecular complexity index is 972. The summed E-state index contributed by atoms with van der Waals surface area (Å²) in [6.45, 7) is 1.72. The minimum Gasteiger partial charge on any atom is -0.483 e. The van der Waals surface area contributed by atoms with Crippen molar-refractivity contribution in [2.24, 2.45) is 0 Å². The van der Waals surface area contributed by atoms with Gasteiger partial charge in [-0.1, -0.05) is 0 Å². The first-order valence-corrected chi connectivity index (χ1v) is 9.60. The lowest BCUT2D eigenvalue weighted by molar-refractivity contribution is -0.130. The maximum atomic E-state index is 12.6. The monoisotopic (exact) mass is 392 g/mol. The quantitative estimate of drug-likeness (QED) is 0.808. The fourth-order valence-corrected chi connectivity index (χ4v) is 3.53. The molecule has 0 saturated heterocycles. The molecule has 1 amide bonds. The number of carbonyl (C=O) groups is 1. The molecule has 2 aromatic carbocycles. The van der Waals surface area contributed by atoms with E-state index in [2.05, 4.69) is 4.72 Å². The summed E-state index contributed by atoms with van der Waals surface area (Å²) in [5.74, 6) is 1.33. The largest absolute Gasteiger partial charge is 0.483 e. The predicted octanol–water partition coefficient (Wildman–Crippen LogP) is 1.99. The van der Waals surface area contributed by atoms with E-state index in [4.69, 9.17) is 14.2 Å². The molecule has 1 aliphatic heterocycles. The van der Waals surface area contributed by atoms with E-state index in [1.807, 2.05) is 0 Å². The van der Waals surface area contributed by atoms with Crippen LogP contribution in [0.4, 0.5) is 5.69 Å². The molecule has 0 unspecified atom stereocenters. The van der Waals surface area contributed by atoms with E-state index in [1.54, 1.807) is 39.2 Å². The molecule has 3 rings (SSSR count). The van der Waals surface area contributed by atoms with Crippen LogP contribution < -0.4 is 18.9 Å². The summed E-state index contributed by atoms with van der Waals surface area (Å²) in [5, 5.41) is 0. The van der Waals surface area contributed by atoms with E-state index in [1.165, 1.54) is 23.1 Å². The Kier molecular flexibility index (Phi) is 5.13. The Morgan fingerprint density at radius 3 is 2.59 bits per heavy atom. The zero-order chi connectivity index (χ0) is 19.6. The molecule has 8 nitrogen and oxygen atoms in total. The number of nitrogens with zero attached hydrogens (tertiary/aromatic N) is 1. The Labute approximate surface area is 157 Å². The molecule has 0 bridgehead atoms. The highest BCUT2D eigenvalue weighted by atomic mass is 32.2. The number of anilines is 1. The normalized spacial score (nSPS) is 12.6. The Balaban J connectivity index is 1.75. The molecule has 9 heteroatoms. The number of rotatable bonds is 6. The first kappa shape index (κ1) is 18.8. The first-order chi connectivity index (χ1) is 12.8. The van der Waals surface area contributed by atoms with Gasteiger partial charge < -0.3 is 19.1 Å². The van der Waals surface area contributed by atoms with Gasteiger partial charge in [0.05, 0.1) is 10.6 Å². The summed E-state index contributed by atoms with van der Waals surface area (Å²) in [4.78, 5) is 13.1. The zero-order valence-corrected chi connectivity index (χ0v) is 16.0. The molecule has 0 spiro atoms. The van der Waals surface area contributed by atoms with E-state index >= 15 is 0 Å². The van der Waals surface area contributed by atoms with Gasteiger partial charge in [-0.05, 0) is 42.8 Å². The van der Waals surface area contributed by atoms with Gasteiger partial charge >= 0.3 is 0 Å². The molecule has 0 aliphatic carbocycles. The zero-order valence-electron chi connectivity index (χ0n) is 15.2. The Morgan fingerprint density at radius 1 is 1.15 bits per heavy atom. The maximum absolute atomic E-state index is 12.6. The van der Waals surface area contributed by atoms with Crippen molar-refractivity contribution in [2.45, 2.75) is 11.8 Å². The van der Waals surface area contributed by atoms with E-state index < -0.39 is 10.0 Å². The van der Waals surface area contributed by atoms with E-state index in [0.717, 1.165) is 0 Å². The fraction of sp³-hybridized carbons (Fsp3) is 0.278. The van der Waals surface area contributed by atoms with Crippen LogP contribution in [-0.4, -0.2) is 46.7 Å². The maximum Gasteiger partial charge on any atom is 0.261 e. The van der Waals surface area contributed by atoms with E-state index in [-0.39, 0.29) is 24.2 Å². The summed E-state index contributed by atoms with van der Waals surface area (Å²) in [7, 11) is -0.522. The molecule has 1 aliphatic rings. The van der Waals surface area contributed by atoms with Crippen molar-refractivity contribution in [1.29, 1.82) is 0 Å². The molecule has 0 saturated carbocycles. The second-order valence-corrected chi connectivity index (χ2v) is 7.86. The molecule has 1 heterocycles. The van der Waals surface area contributed by atoms with Crippen molar-refractivity contribution in [3.63, 3.8) is 0 Å². The topological polar surface area (TPSA) is 94.2 Å². The summed E-state index contributed by atoms with van der Waals surface area (Å²) < 4.78 is 43.7. The molecule has 0 aromatic heterocycles. The lowest BCUT2D eigenvalue weighted by atomic mass is 10.2. The molecule has 27 heavy (non-hydrogen) atoms. The van der Waals surface area contributed by atoms with Crippen molar-refractivity contribution in [3.8, 4) is 17.2 Å². The lowest BCUT2D eigenvalue weighted by Gasteiger charge is -2.14. The summed E-state index contributed by atoms with van der Waals surface area (Å²) in [6.07, 6.45) is 0. The van der Waals surface area contributed by atoms with Crippen LogP contribution in [-0.2, 0) is 14.8 Å². The van der Waals surface area contributed by atoms with Crippen molar-refractivity contribution in [3.05, 3.63) is 42.0 Å². The minimum atomic E-state index is -3.79. The van der Waals surface area contributed by atoms with Crippen molar-refractivity contribution in [2.75, 3.05) is 32.2 Å². The number of hydrogen-bond acceptors (Lipinski definition) is 6. The van der Waals surface area contributed by atoms with Crippen LogP contribution in [0.15, 0.2) is 41.3 Å². The van der Waals surface area contributed by atoms with Gasteiger partial charge in [0.25, 0.3) is 15.9 Å². The Hall–Kier alpha value is -2.94.